The van der Waals surface area contributed by atoms with Crippen LogP contribution in [-0.4, -0.2) is 70.6 Å². The number of rotatable bonds is 13. The molecule has 5 nitrogen and oxygen atoms in total. The molecule has 1 rings (SSSR count). The second-order valence-electron chi connectivity index (χ2n) is 5.63. The number of nitrogens with zero attached hydrogens (tertiary/aromatic N) is 2. The SMILES string of the molecule is CCCC[N+]1=CN(CCC[Si](OCC)(OCC)OCC)CC1.[Cl-]. The van der Waals surface area contributed by atoms with Gasteiger partial charge in [-0.05, 0) is 33.6 Å². The Morgan fingerprint density at radius 2 is 1.61 bits per heavy atom. The monoisotopic (exact) mass is 366 g/mol. The van der Waals surface area contributed by atoms with Crippen LogP contribution in [0.15, 0.2) is 0 Å². The molecule has 0 radical (unpaired) electrons. The molecular formula is C16H35ClN2O3Si. The van der Waals surface area contributed by atoms with Crippen molar-refractivity contribution in [3.63, 3.8) is 0 Å². The summed E-state index contributed by atoms with van der Waals surface area (Å²) < 4.78 is 20.1. The van der Waals surface area contributed by atoms with Crippen molar-refractivity contribution in [3.05, 3.63) is 0 Å². The maximum atomic E-state index is 5.90. The van der Waals surface area contributed by atoms with Crippen LogP contribution in [0, 0.1) is 0 Å². The van der Waals surface area contributed by atoms with Crippen LogP contribution >= 0.6 is 0 Å². The van der Waals surface area contributed by atoms with E-state index >= 15 is 0 Å². The van der Waals surface area contributed by atoms with Crippen LogP contribution in [0.3, 0.4) is 0 Å². The van der Waals surface area contributed by atoms with E-state index in [1.165, 1.54) is 19.4 Å². The van der Waals surface area contributed by atoms with E-state index in [-0.39, 0.29) is 12.4 Å². The summed E-state index contributed by atoms with van der Waals surface area (Å²) in [6.45, 7) is 14.8. The molecule has 0 aromatic carbocycles. The third-order valence-electron chi connectivity index (χ3n) is 3.82. The van der Waals surface area contributed by atoms with E-state index in [1.54, 1.807) is 0 Å². The van der Waals surface area contributed by atoms with Gasteiger partial charge in [-0.1, -0.05) is 13.3 Å². The normalized spacial score (nSPS) is 14.8. The fraction of sp³-hybridized carbons (Fsp3) is 0.938. The maximum absolute atomic E-state index is 5.90. The lowest BCUT2D eigenvalue weighted by molar-refractivity contribution is -0.514. The topological polar surface area (TPSA) is 33.9 Å². The van der Waals surface area contributed by atoms with Gasteiger partial charge in [0.2, 0.25) is 6.34 Å². The van der Waals surface area contributed by atoms with Gasteiger partial charge < -0.3 is 25.7 Å². The van der Waals surface area contributed by atoms with Crippen molar-refractivity contribution >= 4 is 15.1 Å². The molecule has 0 saturated heterocycles. The molecule has 0 atom stereocenters. The van der Waals surface area contributed by atoms with Gasteiger partial charge in [0.15, 0.2) is 0 Å². The Bertz CT molecular complexity index is 315. The Labute approximate surface area is 149 Å². The maximum Gasteiger partial charge on any atom is 0.501 e. The summed E-state index contributed by atoms with van der Waals surface area (Å²) in [7, 11) is -2.46. The Morgan fingerprint density at radius 3 is 2.13 bits per heavy atom. The van der Waals surface area contributed by atoms with E-state index in [0.717, 1.165) is 32.1 Å². The standard InChI is InChI=1S/C16H35N2O3Si.ClH/c1-5-9-11-17-13-14-18(16-17)12-10-15-22(19-6-2,20-7-3)21-8-4;/h16H,5-15H2,1-4H3;1H/q+1;/p-1. The van der Waals surface area contributed by atoms with Crippen molar-refractivity contribution in [2.24, 2.45) is 0 Å². The Balaban J connectivity index is 0.00000484. The minimum Gasteiger partial charge on any atom is -1.00 e. The van der Waals surface area contributed by atoms with Crippen LogP contribution in [0.25, 0.3) is 0 Å². The fourth-order valence-electron chi connectivity index (χ4n) is 2.80. The number of hydrogen-bond donors (Lipinski definition) is 0. The molecule has 0 spiro atoms. The predicted octanol–water partition coefficient (Wildman–Crippen LogP) is -0.415. The first kappa shape index (κ1) is 22.9. The van der Waals surface area contributed by atoms with Crippen molar-refractivity contribution in [2.45, 2.75) is 53.0 Å². The Morgan fingerprint density at radius 1 is 1.00 bits per heavy atom. The van der Waals surface area contributed by atoms with Gasteiger partial charge >= 0.3 is 8.80 Å². The van der Waals surface area contributed by atoms with E-state index in [2.05, 4.69) is 22.7 Å². The molecule has 23 heavy (non-hydrogen) atoms. The van der Waals surface area contributed by atoms with Crippen LogP contribution in [0.5, 0.6) is 0 Å². The quantitative estimate of drug-likeness (QED) is 0.328. The largest absolute Gasteiger partial charge is 1.00 e. The average Bonchev–Trinajstić information content (AvgIpc) is 2.94. The molecule has 138 valence electrons. The molecule has 0 aliphatic carbocycles. The summed E-state index contributed by atoms with van der Waals surface area (Å²) >= 11 is 0. The summed E-state index contributed by atoms with van der Waals surface area (Å²) in [5.41, 5.74) is 0. The van der Waals surface area contributed by atoms with E-state index in [1.807, 2.05) is 20.8 Å². The van der Waals surface area contributed by atoms with Crippen molar-refractivity contribution in [1.82, 2.24) is 4.90 Å². The van der Waals surface area contributed by atoms with Crippen LogP contribution in [0.1, 0.15) is 47.0 Å². The zero-order chi connectivity index (χ0) is 16.3. The number of hydrogen-bond acceptors (Lipinski definition) is 4. The van der Waals surface area contributed by atoms with Crippen LogP contribution < -0.4 is 12.4 Å². The first-order valence-electron chi connectivity index (χ1n) is 8.94. The lowest BCUT2D eigenvalue weighted by atomic mass is 10.3. The predicted molar refractivity (Wildman–Crippen MR) is 92.6 cm³/mol. The van der Waals surface area contributed by atoms with Crippen LogP contribution in [0.2, 0.25) is 6.04 Å². The zero-order valence-electron chi connectivity index (χ0n) is 15.4. The molecule has 0 fully saturated rings. The highest BCUT2D eigenvalue weighted by Gasteiger charge is 2.40. The molecular weight excluding hydrogens is 332 g/mol. The van der Waals surface area contributed by atoms with Crippen LogP contribution in [0.4, 0.5) is 0 Å². The van der Waals surface area contributed by atoms with Gasteiger partial charge in [-0.2, -0.15) is 0 Å². The first-order valence-corrected chi connectivity index (χ1v) is 10.9. The highest BCUT2D eigenvalue weighted by molar-refractivity contribution is 6.60. The van der Waals surface area contributed by atoms with Gasteiger partial charge in [-0.3, -0.25) is 9.48 Å². The Hall–Kier alpha value is -0.143. The van der Waals surface area contributed by atoms with Gasteiger partial charge in [0.05, 0.1) is 13.1 Å². The Kier molecular flexibility index (Phi) is 13.1. The third kappa shape index (κ3) is 8.49. The van der Waals surface area contributed by atoms with E-state index in [0.29, 0.717) is 19.8 Å². The van der Waals surface area contributed by atoms with Gasteiger partial charge in [-0.25, -0.2) is 0 Å². The van der Waals surface area contributed by atoms with Crippen molar-refractivity contribution in [3.8, 4) is 0 Å². The lowest BCUT2D eigenvalue weighted by Gasteiger charge is -2.28. The second-order valence-corrected chi connectivity index (χ2v) is 8.36. The summed E-state index contributed by atoms with van der Waals surface area (Å²) in [6, 6.07) is 0.905. The molecule has 1 heterocycles. The number of halogens is 1. The smallest absolute Gasteiger partial charge is 0.501 e. The second kappa shape index (κ2) is 13.2. The number of unbranched alkanes of at least 4 members (excludes halogenated alkanes) is 1. The van der Waals surface area contributed by atoms with Gasteiger partial charge in [0, 0.05) is 25.9 Å². The van der Waals surface area contributed by atoms with Crippen LogP contribution in [-0.2, 0) is 13.3 Å². The summed E-state index contributed by atoms with van der Waals surface area (Å²) in [6.07, 6.45) is 5.89. The van der Waals surface area contributed by atoms with E-state index in [9.17, 15) is 0 Å². The molecule has 1 aliphatic rings. The molecule has 0 N–H and O–H groups in total. The highest BCUT2D eigenvalue weighted by Crippen LogP contribution is 2.18. The van der Waals surface area contributed by atoms with Crippen molar-refractivity contribution < 1.29 is 30.3 Å². The summed E-state index contributed by atoms with van der Waals surface area (Å²) in [5.74, 6) is 0. The minimum absolute atomic E-state index is 0. The molecule has 0 aromatic heterocycles. The van der Waals surface area contributed by atoms with E-state index < -0.39 is 8.80 Å². The summed E-state index contributed by atoms with van der Waals surface area (Å²) in [5, 5.41) is 0. The highest BCUT2D eigenvalue weighted by atomic mass is 35.5. The molecule has 1 aliphatic heterocycles. The molecule has 0 amide bonds. The van der Waals surface area contributed by atoms with Gasteiger partial charge in [-0.15, -0.1) is 0 Å². The van der Waals surface area contributed by atoms with Gasteiger partial charge in [0.25, 0.3) is 0 Å². The molecule has 0 bridgehead atoms. The minimum atomic E-state index is -2.46. The first-order chi connectivity index (χ1) is 10.7. The molecule has 0 unspecified atom stereocenters. The molecule has 0 aromatic rings. The zero-order valence-corrected chi connectivity index (χ0v) is 17.1. The van der Waals surface area contributed by atoms with Crippen molar-refractivity contribution in [1.29, 1.82) is 0 Å². The lowest BCUT2D eigenvalue weighted by Crippen LogP contribution is -3.00. The van der Waals surface area contributed by atoms with E-state index in [4.69, 9.17) is 13.3 Å². The molecule has 7 heteroatoms. The third-order valence-corrected chi connectivity index (χ3v) is 6.97. The summed E-state index contributed by atoms with van der Waals surface area (Å²) in [4.78, 5) is 2.42. The molecule has 0 saturated carbocycles. The fourth-order valence-corrected chi connectivity index (χ4v) is 5.40. The van der Waals surface area contributed by atoms with Gasteiger partial charge in [0.1, 0.15) is 13.1 Å². The van der Waals surface area contributed by atoms with Crippen molar-refractivity contribution in [2.75, 3.05) is 46.0 Å². The average molecular weight is 367 g/mol.